The molecule has 7 heteroatoms. The molecule has 34 heavy (non-hydrogen) atoms. The van der Waals surface area contributed by atoms with Gasteiger partial charge in [0.25, 0.3) is 0 Å². The summed E-state index contributed by atoms with van der Waals surface area (Å²) in [6.45, 7) is 8.68. The van der Waals surface area contributed by atoms with Gasteiger partial charge < -0.3 is 9.47 Å². The quantitative estimate of drug-likeness (QED) is 0.390. The molecule has 6 nitrogen and oxygen atoms in total. The second-order valence-corrected chi connectivity index (χ2v) is 11.1. The molecule has 0 saturated carbocycles. The summed E-state index contributed by atoms with van der Waals surface area (Å²) in [4.78, 5) is 12.6. The third-order valence-corrected chi connectivity index (χ3v) is 6.31. The van der Waals surface area contributed by atoms with E-state index in [9.17, 15) is 13.2 Å². The largest absolute Gasteiger partial charge is 0.458 e. The van der Waals surface area contributed by atoms with Crippen LogP contribution in [0.5, 0.6) is 11.5 Å². The van der Waals surface area contributed by atoms with E-state index >= 15 is 0 Å². The van der Waals surface area contributed by atoms with E-state index in [1.165, 1.54) is 6.92 Å². The Morgan fingerprint density at radius 3 is 2.03 bits per heavy atom. The zero-order valence-corrected chi connectivity index (χ0v) is 21.2. The number of ether oxygens (including phenoxy) is 2. The Morgan fingerprint density at radius 2 is 1.50 bits per heavy atom. The molecule has 0 spiro atoms. The molecule has 0 amide bonds. The van der Waals surface area contributed by atoms with Crippen LogP contribution >= 0.6 is 0 Å². The van der Waals surface area contributed by atoms with Gasteiger partial charge in [0, 0.05) is 0 Å². The number of esters is 1. The van der Waals surface area contributed by atoms with Crippen molar-refractivity contribution in [3.63, 3.8) is 0 Å². The second-order valence-electron chi connectivity index (χ2n) is 9.21. The Morgan fingerprint density at radius 1 is 0.912 bits per heavy atom. The summed E-state index contributed by atoms with van der Waals surface area (Å²) in [6.07, 6.45) is 1.09. The Kier molecular flexibility index (Phi) is 7.36. The van der Waals surface area contributed by atoms with Gasteiger partial charge in [-0.2, -0.15) is 0 Å². The minimum absolute atomic E-state index is 0.408. The van der Waals surface area contributed by atoms with Gasteiger partial charge in [0.05, 0.1) is 11.9 Å². The molecule has 0 aliphatic heterocycles. The van der Waals surface area contributed by atoms with Crippen LogP contribution in [-0.2, 0) is 19.6 Å². The van der Waals surface area contributed by atoms with Crippen LogP contribution in [0.2, 0.25) is 0 Å². The molecule has 0 bridgehead atoms. The van der Waals surface area contributed by atoms with Gasteiger partial charge in [0.15, 0.2) is 0 Å². The van der Waals surface area contributed by atoms with Gasteiger partial charge in [-0.05, 0) is 87.7 Å². The van der Waals surface area contributed by atoms with E-state index in [-0.39, 0.29) is 0 Å². The molecule has 3 rings (SSSR count). The summed E-state index contributed by atoms with van der Waals surface area (Å²) >= 11 is 0. The maximum atomic E-state index is 12.6. The van der Waals surface area contributed by atoms with E-state index in [0.717, 1.165) is 38.8 Å². The van der Waals surface area contributed by atoms with Crippen molar-refractivity contribution in [2.24, 2.45) is 0 Å². The smallest absolute Gasteiger partial charge is 0.330 e. The number of benzene rings is 3. The van der Waals surface area contributed by atoms with Crippen LogP contribution in [0.1, 0.15) is 33.3 Å². The highest BCUT2D eigenvalue weighted by molar-refractivity contribution is 7.92. The van der Waals surface area contributed by atoms with Gasteiger partial charge >= 0.3 is 5.97 Å². The number of hydrogen-bond donors (Lipinski definition) is 0. The number of sulfonamides is 1. The van der Waals surface area contributed by atoms with E-state index in [1.807, 2.05) is 67.6 Å². The highest BCUT2D eigenvalue weighted by Crippen LogP contribution is 2.32. The molecule has 3 aromatic rings. The van der Waals surface area contributed by atoms with Crippen molar-refractivity contribution in [2.75, 3.05) is 10.6 Å². The molecule has 1 unspecified atom stereocenters. The molecule has 0 aliphatic rings. The molecule has 0 aliphatic carbocycles. The molecule has 180 valence electrons. The van der Waals surface area contributed by atoms with Crippen molar-refractivity contribution in [1.29, 1.82) is 0 Å². The first kappa shape index (κ1) is 25.3. The normalized spacial score (nSPS) is 12.6. The first-order valence-electron chi connectivity index (χ1n) is 11.0. The number of carbonyl (C=O) groups excluding carboxylic acids is 1. The molecule has 0 fully saturated rings. The van der Waals surface area contributed by atoms with Gasteiger partial charge in [-0.15, -0.1) is 0 Å². The summed E-state index contributed by atoms with van der Waals surface area (Å²) in [5.74, 6) is 0.878. The fourth-order valence-corrected chi connectivity index (χ4v) is 4.78. The van der Waals surface area contributed by atoms with Crippen LogP contribution in [0.15, 0.2) is 72.8 Å². The summed E-state index contributed by atoms with van der Waals surface area (Å²) in [6, 6.07) is 21.6. The summed E-state index contributed by atoms with van der Waals surface area (Å²) < 4.78 is 37.6. The zero-order chi connectivity index (χ0) is 25.1. The molecule has 3 aromatic carbocycles. The average molecular weight is 482 g/mol. The van der Waals surface area contributed by atoms with Crippen molar-refractivity contribution in [3.8, 4) is 22.6 Å². The number of aryl methyl sites for hydroxylation is 1. The average Bonchev–Trinajstić information content (AvgIpc) is 2.73. The Hall–Kier alpha value is -3.32. The number of nitrogens with zero attached hydrogens (tertiary/aromatic N) is 1. The Labute approximate surface area is 202 Å². The standard InChI is InChI=1S/C27H31NO5S/c1-19-18-22(28(34(6,30)31)20(2)26(29)33-27(3,4)5)14-17-25(19)21-12-15-24(16-13-21)32-23-10-8-7-9-11-23/h7-18,20H,1-6H3. The predicted octanol–water partition coefficient (Wildman–Crippen LogP) is 5.95. The van der Waals surface area contributed by atoms with E-state index in [4.69, 9.17) is 9.47 Å². The number of rotatable bonds is 7. The van der Waals surface area contributed by atoms with Crippen LogP contribution in [0.3, 0.4) is 0 Å². The van der Waals surface area contributed by atoms with Crippen molar-refractivity contribution in [3.05, 3.63) is 78.4 Å². The van der Waals surface area contributed by atoms with Crippen molar-refractivity contribution >= 4 is 21.7 Å². The number of anilines is 1. The van der Waals surface area contributed by atoms with E-state index in [1.54, 1.807) is 32.9 Å². The maximum Gasteiger partial charge on any atom is 0.330 e. The number of hydrogen-bond acceptors (Lipinski definition) is 5. The van der Waals surface area contributed by atoms with Crippen LogP contribution in [-0.4, -0.2) is 32.3 Å². The van der Waals surface area contributed by atoms with Gasteiger partial charge in [-0.25, -0.2) is 13.2 Å². The lowest BCUT2D eigenvalue weighted by Gasteiger charge is -2.30. The Balaban J connectivity index is 1.87. The summed E-state index contributed by atoms with van der Waals surface area (Å²) in [5.41, 5.74) is 2.49. The summed E-state index contributed by atoms with van der Waals surface area (Å²) in [7, 11) is -3.73. The van der Waals surface area contributed by atoms with Crippen LogP contribution in [0.25, 0.3) is 11.1 Å². The third-order valence-electron chi connectivity index (χ3n) is 5.07. The molecular formula is C27H31NO5S. The van der Waals surface area contributed by atoms with Crippen molar-refractivity contribution in [1.82, 2.24) is 0 Å². The molecule has 0 heterocycles. The van der Waals surface area contributed by atoms with Gasteiger partial charge in [-0.1, -0.05) is 36.4 Å². The highest BCUT2D eigenvalue weighted by atomic mass is 32.2. The molecule has 0 saturated heterocycles. The fraction of sp³-hybridized carbons (Fsp3) is 0.296. The number of carbonyl (C=O) groups is 1. The SMILES string of the molecule is Cc1cc(N(C(C)C(=O)OC(C)(C)C)S(C)(=O)=O)ccc1-c1ccc(Oc2ccccc2)cc1. The molecular weight excluding hydrogens is 450 g/mol. The monoisotopic (exact) mass is 481 g/mol. The minimum Gasteiger partial charge on any atom is -0.458 e. The summed E-state index contributed by atoms with van der Waals surface area (Å²) in [5, 5.41) is 0. The molecule has 0 N–H and O–H groups in total. The lowest BCUT2D eigenvalue weighted by molar-refractivity contribution is -0.155. The number of para-hydroxylation sites is 1. The van der Waals surface area contributed by atoms with E-state index < -0.39 is 27.6 Å². The Bertz CT molecular complexity index is 1250. The lowest BCUT2D eigenvalue weighted by atomic mass is 10.00. The third kappa shape index (κ3) is 6.38. The molecule has 0 aromatic heterocycles. The van der Waals surface area contributed by atoms with Crippen LogP contribution < -0.4 is 9.04 Å². The lowest BCUT2D eigenvalue weighted by Crippen LogP contribution is -2.45. The molecule has 0 radical (unpaired) electrons. The predicted molar refractivity (Wildman–Crippen MR) is 136 cm³/mol. The highest BCUT2D eigenvalue weighted by Gasteiger charge is 2.32. The first-order chi connectivity index (χ1) is 15.8. The minimum atomic E-state index is -3.73. The van der Waals surface area contributed by atoms with Gasteiger partial charge in [0.1, 0.15) is 23.1 Å². The van der Waals surface area contributed by atoms with Crippen molar-refractivity contribution < 1.29 is 22.7 Å². The van der Waals surface area contributed by atoms with Crippen LogP contribution in [0.4, 0.5) is 5.69 Å². The van der Waals surface area contributed by atoms with E-state index in [2.05, 4.69) is 0 Å². The topological polar surface area (TPSA) is 72.9 Å². The van der Waals surface area contributed by atoms with Gasteiger partial charge in [0.2, 0.25) is 10.0 Å². The van der Waals surface area contributed by atoms with Gasteiger partial charge in [-0.3, -0.25) is 4.31 Å². The zero-order valence-electron chi connectivity index (χ0n) is 20.4. The van der Waals surface area contributed by atoms with Crippen molar-refractivity contribution in [2.45, 2.75) is 46.3 Å². The molecule has 1 atom stereocenters. The first-order valence-corrected chi connectivity index (χ1v) is 12.9. The fourth-order valence-electron chi connectivity index (χ4n) is 3.62. The van der Waals surface area contributed by atoms with E-state index in [0.29, 0.717) is 5.69 Å². The van der Waals surface area contributed by atoms with Crippen LogP contribution in [0, 0.1) is 6.92 Å². The maximum absolute atomic E-state index is 12.6. The second kappa shape index (κ2) is 9.89.